The van der Waals surface area contributed by atoms with E-state index in [-0.39, 0.29) is 6.04 Å². The lowest BCUT2D eigenvalue weighted by Crippen LogP contribution is -2.28. The second-order valence-electron chi connectivity index (χ2n) is 6.79. The van der Waals surface area contributed by atoms with Crippen molar-refractivity contribution in [3.05, 3.63) is 70.9 Å². The van der Waals surface area contributed by atoms with Gasteiger partial charge in [-0.2, -0.15) is 0 Å². The maximum atomic E-state index is 11.2. The molecule has 0 bridgehead atoms. The zero-order valence-electron chi connectivity index (χ0n) is 15.4. The highest BCUT2D eigenvalue weighted by atomic mass is 35.5. The fourth-order valence-corrected chi connectivity index (χ4v) is 3.66. The van der Waals surface area contributed by atoms with Gasteiger partial charge in [0, 0.05) is 22.8 Å². The van der Waals surface area contributed by atoms with Crippen LogP contribution in [0.3, 0.4) is 0 Å². The SMILES string of the molecule is O=C(NO)Oc1ccc2c(c1)CC(Nc1nccc(-c3cccc(Cl)c3)n1)CC2. The lowest BCUT2D eigenvalue weighted by atomic mass is 9.88. The first-order valence-corrected chi connectivity index (χ1v) is 9.58. The van der Waals surface area contributed by atoms with Crippen molar-refractivity contribution in [3.63, 3.8) is 0 Å². The Morgan fingerprint density at radius 3 is 2.90 bits per heavy atom. The highest BCUT2D eigenvalue weighted by molar-refractivity contribution is 6.30. The van der Waals surface area contributed by atoms with E-state index in [1.165, 1.54) is 11.0 Å². The van der Waals surface area contributed by atoms with Crippen LogP contribution in [0.25, 0.3) is 11.3 Å². The van der Waals surface area contributed by atoms with Crippen LogP contribution in [0.2, 0.25) is 5.02 Å². The highest BCUT2D eigenvalue weighted by Gasteiger charge is 2.20. The number of ether oxygens (including phenoxy) is 1. The molecule has 4 rings (SSSR count). The third-order valence-corrected chi connectivity index (χ3v) is 5.05. The van der Waals surface area contributed by atoms with Gasteiger partial charge in [0.25, 0.3) is 0 Å². The van der Waals surface area contributed by atoms with Gasteiger partial charge < -0.3 is 10.1 Å². The number of benzene rings is 2. The summed E-state index contributed by atoms with van der Waals surface area (Å²) in [5.41, 5.74) is 5.49. The van der Waals surface area contributed by atoms with E-state index in [9.17, 15) is 4.79 Å². The van der Waals surface area contributed by atoms with Crippen LogP contribution in [0.1, 0.15) is 17.5 Å². The number of nitrogens with zero attached hydrogens (tertiary/aromatic N) is 2. The van der Waals surface area contributed by atoms with Crippen LogP contribution < -0.4 is 15.5 Å². The molecule has 0 saturated carbocycles. The summed E-state index contributed by atoms with van der Waals surface area (Å²) in [4.78, 5) is 20.2. The normalized spacial score (nSPS) is 15.3. The van der Waals surface area contributed by atoms with Crippen molar-refractivity contribution in [1.29, 1.82) is 0 Å². The molecule has 1 aromatic heterocycles. The van der Waals surface area contributed by atoms with Crippen LogP contribution in [-0.4, -0.2) is 27.3 Å². The Morgan fingerprint density at radius 2 is 2.07 bits per heavy atom. The third kappa shape index (κ3) is 4.64. The lowest BCUT2D eigenvalue weighted by Gasteiger charge is -2.26. The fraction of sp³-hybridized carbons (Fsp3) is 0.190. The summed E-state index contributed by atoms with van der Waals surface area (Å²) >= 11 is 6.08. The largest absolute Gasteiger partial charge is 0.436 e. The van der Waals surface area contributed by atoms with Gasteiger partial charge in [0.05, 0.1) is 5.69 Å². The van der Waals surface area contributed by atoms with E-state index < -0.39 is 6.09 Å². The van der Waals surface area contributed by atoms with Gasteiger partial charge in [0.1, 0.15) is 5.75 Å². The predicted molar refractivity (Wildman–Crippen MR) is 109 cm³/mol. The second-order valence-corrected chi connectivity index (χ2v) is 7.23. The first-order valence-electron chi connectivity index (χ1n) is 9.20. The molecule has 1 unspecified atom stereocenters. The van der Waals surface area contributed by atoms with E-state index in [1.54, 1.807) is 12.3 Å². The first-order chi connectivity index (χ1) is 14.1. The number of hydroxylamine groups is 1. The molecule has 2 aromatic carbocycles. The Balaban J connectivity index is 1.48. The van der Waals surface area contributed by atoms with Crippen molar-refractivity contribution in [3.8, 4) is 17.0 Å². The van der Waals surface area contributed by atoms with Gasteiger partial charge in [-0.3, -0.25) is 5.21 Å². The highest BCUT2D eigenvalue weighted by Crippen LogP contribution is 2.27. The van der Waals surface area contributed by atoms with Gasteiger partial charge in [0.2, 0.25) is 5.95 Å². The van der Waals surface area contributed by atoms with Crippen LogP contribution in [0.5, 0.6) is 5.75 Å². The van der Waals surface area contributed by atoms with Crippen molar-refractivity contribution in [2.45, 2.75) is 25.3 Å². The number of fused-ring (bicyclic) bond motifs is 1. The van der Waals surface area contributed by atoms with Crippen molar-refractivity contribution >= 4 is 23.6 Å². The van der Waals surface area contributed by atoms with Gasteiger partial charge in [-0.05, 0) is 60.7 Å². The number of halogens is 1. The Morgan fingerprint density at radius 1 is 1.17 bits per heavy atom. The van der Waals surface area contributed by atoms with Gasteiger partial charge in [-0.1, -0.05) is 29.8 Å². The first kappa shape index (κ1) is 19.2. The number of carbonyl (C=O) groups is 1. The molecule has 148 valence electrons. The summed E-state index contributed by atoms with van der Waals surface area (Å²) in [6, 6.07) is 15.0. The summed E-state index contributed by atoms with van der Waals surface area (Å²) in [6.45, 7) is 0. The molecule has 0 saturated heterocycles. The average Bonchev–Trinajstić information content (AvgIpc) is 2.73. The van der Waals surface area contributed by atoms with E-state index in [4.69, 9.17) is 21.5 Å². The molecule has 0 spiro atoms. The number of nitrogens with one attached hydrogen (secondary N) is 2. The van der Waals surface area contributed by atoms with Crippen molar-refractivity contribution < 1.29 is 14.7 Å². The zero-order valence-corrected chi connectivity index (χ0v) is 16.2. The molecule has 29 heavy (non-hydrogen) atoms. The maximum absolute atomic E-state index is 11.2. The van der Waals surface area contributed by atoms with Gasteiger partial charge in [0.15, 0.2) is 0 Å². The number of carbonyl (C=O) groups excluding carboxylic acids is 1. The van der Waals surface area contributed by atoms with Crippen LogP contribution >= 0.6 is 11.6 Å². The number of aromatic nitrogens is 2. The molecule has 1 aliphatic rings. The molecular weight excluding hydrogens is 392 g/mol. The zero-order chi connectivity index (χ0) is 20.2. The van der Waals surface area contributed by atoms with Gasteiger partial charge in [-0.25, -0.2) is 20.2 Å². The van der Waals surface area contributed by atoms with E-state index in [1.807, 2.05) is 42.5 Å². The summed E-state index contributed by atoms with van der Waals surface area (Å²) in [7, 11) is 0. The number of hydrogen-bond donors (Lipinski definition) is 3. The Labute approximate surface area is 172 Å². The molecule has 3 N–H and O–H groups in total. The predicted octanol–water partition coefficient (Wildman–Crippen LogP) is 4.24. The lowest BCUT2D eigenvalue weighted by molar-refractivity contribution is 0.127. The summed E-state index contributed by atoms with van der Waals surface area (Å²) in [6.07, 6.45) is 3.39. The average molecular weight is 411 g/mol. The van der Waals surface area contributed by atoms with Crippen LogP contribution in [0.15, 0.2) is 54.7 Å². The van der Waals surface area contributed by atoms with Crippen LogP contribution in [0.4, 0.5) is 10.7 Å². The molecule has 0 fully saturated rings. The smallest absolute Gasteiger partial charge is 0.409 e. The summed E-state index contributed by atoms with van der Waals surface area (Å²) in [5, 5.41) is 12.7. The van der Waals surface area contributed by atoms with E-state index in [0.29, 0.717) is 16.7 Å². The van der Waals surface area contributed by atoms with E-state index in [0.717, 1.165) is 36.1 Å². The number of rotatable bonds is 4. The fourth-order valence-electron chi connectivity index (χ4n) is 3.47. The van der Waals surface area contributed by atoms with E-state index in [2.05, 4.69) is 15.3 Å². The van der Waals surface area contributed by atoms with E-state index >= 15 is 0 Å². The minimum absolute atomic E-state index is 0.152. The van der Waals surface area contributed by atoms with Crippen LogP contribution in [-0.2, 0) is 12.8 Å². The molecule has 1 atom stereocenters. The molecule has 0 radical (unpaired) electrons. The Kier molecular flexibility index (Phi) is 5.59. The Hall–Kier alpha value is -3.16. The summed E-state index contributed by atoms with van der Waals surface area (Å²) < 4.78 is 5.00. The van der Waals surface area contributed by atoms with Crippen molar-refractivity contribution in [2.24, 2.45) is 0 Å². The van der Waals surface area contributed by atoms with Crippen molar-refractivity contribution in [2.75, 3.05) is 5.32 Å². The molecule has 7 nitrogen and oxygen atoms in total. The molecule has 8 heteroatoms. The third-order valence-electron chi connectivity index (χ3n) is 4.82. The minimum atomic E-state index is -0.915. The molecule has 1 heterocycles. The molecule has 1 amide bonds. The monoisotopic (exact) mass is 410 g/mol. The number of hydrogen-bond acceptors (Lipinski definition) is 6. The standard InChI is InChI=1S/C21H19ClN4O3/c22-16-3-1-2-14(10-16)19-8-9-23-20(25-19)24-17-6-4-13-5-7-18(12-15(13)11-17)29-21(27)26-28/h1-3,5,7-10,12,17,28H,4,6,11H2,(H,26,27)(H,23,24,25). The molecule has 1 aliphatic carbocycles. The Bertz CT molecular complexity index is 1040. The maximum Gasteiger partial charge on any atom is 0.436 e. The van der Waals surface area contributed by atoms with Crippen molar-refractivity contribution in [1.82, 2.24) is 15.4 Å². The van der Waals surface area contributed by atoms with Crippen LogP contribution in [0, 0.1) is 0 Å². The number of anilines is 1. The number of amides is 1. The minimum Gasteiger partial charge on any atom is -0.409 e. The molecule has 0 aliphatic heterocycles. The van der Waals surface area contributed by atoms with Gasteiger partial charge in [-0.15, -0.1) is 0 Å². The molecular formula is C21H19ClN4O3. The van der Waals surface area contributed by atoms with Gasteiger partial charge >= 0.3 is 6.09 Å². The quantitative estimate of drug-likeness (QED) is 0.439. The summed E-state index contributed by atoms with van der Waals surface area (Å²) in [5.74, 6) is 0.943. The molecule has 3 aromatic rings. The topological polar surface area (TPSA) is 96.4 Å². The number of aryl methyl sites for hydroxylation is 1. The second kappa shape index (κ2) is 8.46.